The van der Waals surface area contributed by atoms with E-state index in [1.54, 1.807) is 0 Å². The number of hydrogen-bond donors (Lipinski definition) is 1. The normalized spacial score (nSPS) is 15.5. The monoisotopic (exact) mass is 207 g/mol. The molecule has 0 bridgehead atoms. The van der Waals surface area contributed by atoms with Crippen molar-refractivity contribution in [1.29, 1.82) is 0 Å². The average molecular weight is 207 g/mol. The van der Waals surface area contributed by atoms with Gasteiger partial charge in [0.1, 0.15) is 5.82 Å². The van der Waals surface area contributed by atoms with Crippen molar-refractivity contribution in [2.45, 2.75) is 45.1 Å². The van der Waals surface area contributed by atoms with E-state index in [-0.39, 0.29) is 11.4 Å². The molecule has 2 N–H and O–H groups in total. The van der Waals surface area contributed by atoms with Crippen LogP contribution in [0, 0.1) is 5.82 Å². The van der Waals surface area contributed by atoms with Crippen LogP contribution in [0.5, 0.6) is 0 Å². The summed E-state index contributed by atoms with van der Waals surface area (Å²) in [5.41, 5.74) is 8.46. The number of hydrogen-bond acceptors (Lipinski definition) is 1. The topological polar surface area (TPSA) is 26.0 Å². The molecule has 0 atom stereocenters. The van der Waals surface area contributed by atoms with Crippen molar-refractivity contribution >= 4 is 0 Å². The van der Waals surface area contributed by atoms with Gasteiger partial charge in [0.05, 0.1) is 0 Å². The largest absolute Gasteiger partial charge is 0.325 e. The third-order valence-electron chi connectivity index (χ3n) is 2.94. The minimum absolute atomic E-state index is 0.0106. The Hall–Kier alpha value is -0.890. The molecular formula is C13H18FN. The summed E-state index contributed by atoms with van der Waals surface area (Å²) in [6, 6.07) is 3.96. The van der Waals surface area contributed by atoms with Crippen LogP contribution in [0.4, 0.5) is 4.39 Å². The highest BCUT2D eigenvalue weighted by Crippen LogP contribution is 2.27. The molecule has 0 fully saturated rings. The van der Waals surface area contributed by atoms with Crippen LogP contribution in [0.3, 0.4) is 0 Å². The highest BCUT2D eigenvalue weighted by atomic mass is 19.1. The first-order valence-electron chi connectivity index (χ1n) is 5.55. The fraction of sp³-hybridized carbons (Fsp3) is 0.538. The van der Waals surface area contributed by atoms with Gasteiger partial charge in [-0.3, -0.25) is 0 Å². The number of fused-ring (bicyclic) bond motifs is 1. The van der Waals surface area contributed by atoms with Crippen LogP contribution in [-0.2, 0) is 19.3 Å². The van der Waals surface area contributed by atoms with Crippen LogP contribution in [0.2, 0.25) is 0 Å². The zero-order chi connectivity index (χ0) is 11.1. The molecule has 0 aromatic heterocycles. The summed E-state index contributed by atoms with van der Waals surface area (Å²) in [5.74, 6) is -0.0106. The summed E-state index contributed by atoms with van der Waals surface area (Å²) in [7, 11) is 0. The van der Waals surface area contributed by atoms with E-state index in [0.29, 0.717) is 6.42 Å². The fourth-order valence-electron chi connectivity index (χ4n) is 2.30. The Labute approximate surface area is 90.5 Å². The van der Waals surface area contributed by atoms with Crippen LogP contribution >= 0.6 is 0 Å². The molecular weight excluding hydrogens is 189 g/mol. The lowest BCUT2D eigenvalue weighted by molar-refractivity contribution is 0.494. The first-order valence-corrected chi connectivity index (χ1v) is 5.55. The van der Waals surface area contributed by atoms with E-state index in [1.165, 1.54) is 5.56 Å². The molecule has 1 aromatic carbocycles. The molecule has 0 aliphatic heterocycles. The van der Waals surface area contributed by atoms with Crippen molar-refractivity contribution < 1.29 is 4.39 Å². The maximum atomic E-state index is 14.0. The first kappa shape index (κ1) is 10.6. The Morgan fingerprint density at radius 1 is 1.33 bits per heavy atom. The van der Waals surface area contributed by atoms with Crippen LogP contribution in [-0.4, -0.2) is 5.54 Å². The number of nitrogens with two attached hydrogens (primary N) is 1. The zero-order valence-corrected chi connectivity index (χ0v) is 9.44. The van der Waals surface area contributed by atoms with Crippen molar-refractivity contribution in [3.05, 3.63) is 34.6 Å². The van der Waals surface area contributed by atoms with E-state index in [0.717, 1.165) is 30.4 Å². The van der Waals surface area contributed by atoms with Gasteiger partial charge in [-0.15, -0.1) is 0 Å². The summed E-state index contributed by atoms with van der Waals surface area (Å²) >= 11 is 0. The Balaban J connectivity index is 2.34. The molecule has 0 amide bonds. The van der Waals surface area contributed by atoms with Crippen molar-refractivity contribution in [2.75, 3.05) is 0 Å². The van der Waals surface area contributed by atoms with Gasteiger partial charge in [-0.2, -0.15) is 0 Å². The summed E-state index contributed by atoms with van der Waals surface area (Å²) in [4.78, 5) is 0. The number of rotatable bonds is 2. The molecule has 0 heterocycles. The van der Waals surface area contributed by atoms with Gasteiger partial charge in [0, 0.05) is 5.54 Å². The Morgan fingerprint density at radius 3 is 2.73 bits per heavy atom. The van der Waals surface area contributed by atoms with Gasteiger partial charge in [-0.05, 0) is 56.2 Å². The van der Waals surface area contributed by atoms with E-state index < -0.39 is 0 Å². The second kappa shape index (κ2) is 3.60. The lowest BCUT2D eigenvalue weighted by Crippen LogP contribution is -2.34. The molecule has 15 heavy (non-hydrogen) atoms. The van der Waals surface area contributed by atoms with Crippen molar-refractivity contribution in [2.24, 2.45) is 5.73 Å². The minimum Gasteiger partial charge on any atom is -0.325 e. The molecule has 1 aliphatic carbocycles. The third kappa shape index (κ3) is 2.20. The van der Waals surface area contributed by atoms with Gasteiger partial charge in [-0.25, -0.2) is 4.39 Å². The number of benzene rings is 1. The van der Waals surface area contributed by atoms with Gasteiger partial charge in [0.2, 0.25) is 0 Å². The second-order valence-corrected chi connectivity index (χ2v) is 5.20. The second-order valence-electron chi connectivity index (χ2n) is 5.20. The van der Waals surface area contributed by atoms with Gasteiger partial charge >= 0.3 is 0 Å². The number of halogens is 1. The highest BCUT2D eigenvalue weighted by Gasteiger charge is 2.20. The van der Waals surface area contributed by atoms with Crippen molar-refractivity contribution in [3.63, 3.8) is 0 Å². The summed E-state index contributed by atoms with van der Waals surface area (Å²) < 4.78 is 14.0. The van der Waals surface area contributed by atoms with Gasteiger partial charge in [0.25, 0.3) is 0 Å². The van der Waals surface area contributed by atoms with Gasteiger partial charge < -0.3 is 5.73 Å². The molecule has 0 saturated heterocycles. The van der Waals surface area contributed by atoms with Crippen molar-refractivity contribution in [3.8, 4) is 0 Å². The highest BCUT2D eigenvalue weighted by molar-refractivity contribution is 5.37. The van der Waals surface area contributed by atoms with E-state index in [2.05, 4.69) is 6.07 Å². The molecule has 0 saturated carbocycles. The fourth-order valence-corrected chi connectivity index (χ4v) is 2.30. The summed E-state index contributed by atoms with van der Waals surface area (Å²) in [6.45, 7) is 3.86. The Kier molecular flexibility index (Phi) is 2.55. The molecule has 1 aliphatic rings. The summed E-state index contributed by atoms with van der Waals surface area (Å²) in [6.07, 6.45) is 3.60. The Morgan fingerprint density at radius 2 is 2.07 bits per heavy atom. The van der Waals surface area contributed by atoms with E-state index in [1.807, 2.05) is 19.9 Å². The van der Waals surface area contributed by atoms with Crippen LogP contribution in [0.25, 0.3) is 0 Å². The van der Waals surface area contributed by atoms with Gasteiger partial charge in [0.15, 0.2) is 0 Å². The van der Waals surface area contributed by atoms with Crippen LogP contribution in [0.1, 0.15) is 37.0 Å². The molecule has 0 radical (unpaired) electrons. The molecule has 82 valence electrons. The SMILES string of the molecule is CC(C)(N)Cc1ccc2c(c1F)CCC2. The maximum Gasteiger partial charge on any atom is 0.129 e. The first-order chi connectivity index (χ1) is 6.97. The lowest BCUT2D eigenvalue weighted by atomic mass is 9.93. The predicted molar refractivity (Wildman–Crippen MR) is 60.4 cm³/mol. The minimum atomic E-state index is -0.340. The quantitative estimate of drug-likeness (QED) is 0.792. The molecule has 2 rings (SSSR count). The molecule has 1 nitrogen and oxygen atoms in total. The van der Waals surface area contributed by atoms with Crippen LogP contribution < -0.4 is 5.73 Å². The zero-order valence-electron chi connectivity index (χ0n) is 9.44. The molecule has 2 heteroatoms. The lowest BCUT2D eigenvalue weighted by Gasteiger charge is -2.19. The van der Waals surface area contributed by atoms with E-state index in [9.17, 15) is 4.39 Å². The van der Waals surface area contributed by atoms with Crippen LogP contribution in [0.15, 0.2) is 12.1 Å². The smallest absolute Gasteiger partial charge is 0.129 e. The number of aryl methyl sites for hydroxylation is 1. The van der Waals surface area contributed by atoms with Gasteiger partial charge in [-0.1, -0.05) is 12.1 Å². The van der Waals surface area contributed by atoms with E-state index >= 15 is 0 Å². The predicted octanol–water partition coefficient (Wildman–Crippen LogP) is 2.59. The average Bonchev–Trinajstić information content (AvgIpc) is 2.56. The standard InChI is InChI=1S/C13H18FN/c1-13(2,15)8-10-7-6-9-4-3-5-11(9)12(10)14/h6-7H,3-5,8,15H2,1-2H3. The summed E-state index contributed by atoms with van der Waals surface area (Å²) in [5, 5.41) is 0. The maximum absolute atomic E-state index is 14.0. The molecule has 0 spiro atoms. The molecule has 1 aromatic rings. The van der Waals surface area contributed by atoms with E-state index in [4.69, 9.17) is 5.73 Å². The Bertz CT molecular complexity index is 377. The molecule has 0 unspecified atom stereocenters. The third-order valence-corrected chi connectivity index (χ3v) is 2.94. The van der Waals surface area contributed by atoms with Crippen molar-refractivity contribution in [1.82, 2.24) is 0 Å².